The van der Waals surface area contributed by atoms with Crippen LogP contribution in [0.3, 0.4) is 0 Å². The molecule has 3 heteroatoms. The van der Waals surface area contributed by atoms with Crippen LogP contribution in [0.15, 0.2) is 0 Å². The van der Waals surface area contributed by atoms with Gasteiger partial charge in [0.2, 0.25) is 0 Å². The minimum Gasteiger partial charge on any atom is -0.320 e. The van der Waals surface area contributed by atoms with E-state index >= 15 is 0 Å². The first-order valence-electron chi connectivity index (χ1n) is 4.01. The maximum absolute atomic E-state index is 3.30. The molecule has 0 atom stereocenters. The Morgan fingerprint density at radius 2 is 2.50 bits per heavy atom. The van der Waals surface area contributed by atoms with Gasteiger partial charge in [0.25, 0.3) is 0 Å². The Kier molecular flexibility index (Phi) is 3.72. The summed E-state index contributed by atoms with van der Waals surface area (Å²) in [6.07, 6.45) is 1.26. The highest BCUT2D eigenvalue weighted by Gasteiger charge is 2.08. The van der Waals surface area contributed by atoms with E-state index in [1.165, 1.54) is 26.1 Å². The van der Waals surface area contributed by atoms with Crippen LogP contribution in [0, 0.1) is 0 Å². The first-order valence-corrected chi connectivity index (χ1v) is 4.01. The molecule has 1 aliphatic rings. The lowest BCUT2D eigenvalue weighted by molar-refractivity contribution is 0.329. The molecule has 0 aromatic rings. The highest BCUT2D eigenvalue weighted by atomic mass is 15.3. The zero-order valence-electron chi connectivity index (χ0n) is 6.69. The van der Waals surface area contributed by atoms with Crippen LogP contribution in [-0.4, -0.2) is 44.8 Å². The Hall–Kier alpha value is -0.120. The van der Waals surface area contributed by atoms with E-state index in [2.05, 4.69) is 15.5 Å². The molecule has 1 fully saturated rings. The van der Waals surface area contributed by atoms with Gasteiger partial charge < -0.3 is 10.6 Å². The molecule has 0 unspecified atom stereocenters. The van der Waals surface area contributed by atoms with E-state index in [9.17, 15) is 0 Å². The van der Waals surface area contributed by atoms with Gasteiger partial charge in [-0.05, 0) is 20.0 Å². The Labute approximate surface area is 62.8 Å². The van der Waals surface area contributed by atoms with Crippen molar-refractivity contribution < 1.29 is 0 Å². The summed E-state index contributed by atoms with van der Waals surface area (Å²) in [6, 6.07) is 0. The van der Waals surface area contributed by atoms with Crippen LogP contribution >= 0.6 is 0 Å². The topological polar surface area (TPSA) is 27.3 Å². The molecule has 2 N–H and O–H groups in total. The lowest BCUT2D eigenvalue weighted by Crippen LogP contribution is -2.25. The second-order valence-electron chi connectivity index (χ2n) is 2.73. The molecule has 0 aromatic heterocycles. The molecule has 1 aliphatic heterocycles. The van der Waals surface area contributed by atoms with Crippen molar-refractivity contribution in [2.45, 2.75) is 6.42 Å². The van der Waals surface area contributed by atoms with Crippen molar-refractivity contribution in [3.05, 3.63) is 0 Å². The lowest BCUT2D eigenvalue weighted by Gasteiger charge is -2.12. The largest absolute Gasteiger partial charge is 0.320 e. The maximum Gasteiger partial charge on any atom is 0.0481 e. The van der Waals surface area contributed by atoms with Crippen molar-refractivity contribution in [2.75, 3.05) is 39.9 Å². The Balaban J connectivity index is 1.91. The minimum atomic E-state index is 1.09. The molecule has 0 aromatic carbocycles. The summed E-state index contributed by atoms with van der Waals surface area (Å²) < 4.78 is 0. The van der Waals surface area contributed by atoms with E-state index in [1.54, 1.807) is 0 Å². The number of nitrogens with zero attached hydrogens (tertiary/aromatic N) is 1. The van der Waals surface area contributed by atoms with Crippen LogP contribution in [0.5, 0.6) is 0 Å². The predicted molar refractivity (Wildman–Crippen MR) is 43.0 cm³/mol. The minimum absolute atomic E-state index is 1.09. The zero-order chi connectivity index (χ0) is 7.23. The van der Waals surface area contributed by atoms with Crippen molar-refractivity contribution in [3.63, 3.8) is 0 Å². The molecule has 0 spiro atoms. The van der Waals surface area contributed by atoms with E-state index in [0.717, 1.165) is 13.2 Å². The maximum atomic E-state index is 3.30. The fourth-order valence-electron chi connectivity index (χ4n) is 1.22. The molecule has 0 aliphatic carbocycles. The van der Waals surface area contributed by atoms with Crippen molar-refractivity contribution in [1.82, 2.24) is 15.5 Å². The Bertz CT molecular complexity index is 78.9. The summed E-state index contributed by atoms with van der Waals surface area (Å²) in [6.45, 7) is 5.84. The highest BCUT2D eigenvalue weighted by Crippen LogP contribution is 1.92. The third kappa shape index (κ3) is 2.64. The van der Waals surface area contributed by atoms with Crippen molar-refractivity contribution in [1.29, 1.82) is 0 Å². The number of hydrogen-bond donors (Lipinski definition) is 2. The summed E-state index contributed by atoms with van der Waals surface area (Å²) in [5.41, 5.74) is 0. The monoisotopic (exact) mass is 143 g/mol. The summed E-state index contributed by atoms with van der Waals surface area (Å²) in [4.78, 5) is 2.44. The smallest absolute Gasteiger partial charge is 0.0481 e. The summed E-state index contributed by atoms with van der Waals surface area (Å²) in [5.74, 6) is 0. The summed E-state index contributed by atoms with van der Waals surface area (Å²) in [7, 11) is 2.00. The highest BCUT2D eigenvalue weighted by molar-refractivity contribution is 4.65. The second kappa shape index (κ2) is 4.66. The SMILES string of the molecule is CNCCCN1CCNC1. The third-order valence-corrected chi connectivity index (χ3v) is 1.84. The molecule has 1 rings (SSSR count). The molecule has 60 valence electrons. The summed E-state index contributed by atoms with van der Waals surface area (Å²) >= 11 is 0. The third-order valence-electron chi connectivity index (χ3n) is 1.84. The average Bonchev–Trinajstić information content (AvgIpc) is 2.41. The van der Waals surface area contributed by atoms with E-state index < -0.39 is 0 Å². The van der Waals surface area contributed by atoms with Gasteiger partial charge in [0, 0.05) is 26.3 Å². The van der Waals surface area contributed by atoms with Crippen LogP contribution in [0.4, 0.5) is 0 Å². The first-order chi connectivity index (χ1) is 4.93. The van der Waals surface area contributed by atoms with Gasteiger partial charge in [0.05, 0.1) is 0 Å². The molecule has 0 saturated carbocycles. The van der Waals surface area contributed by atoms with Crippen LogP contribution in [0.1, 0.15) is 6.42 Å². The Morgan fingerprint density at radius 3 is 3.10 bits per heavy atom. The van der Waals surface area contributed by atoms with Crippen molar-refractivity contribution in [2.24, 2.45) is 0 Å². The molecular weight excluding hydrogens is 126 g/mol. The Morgan fingerprint density at radius 1 is 1.60 bits per heavy atom. The van der Waals surface area contributed by atoms with E-state index in [1.807, 2.05) is 7.05 Å². The van der Waals surface area contributed by atoms with Gasteiger partial charge in [-0.3, -0.25) is 4.90 Å². The fraction of sp³-hybridized carbons (Fsp3) is 1.00. The standard InChI is InChI=1S/C7H17N3/c1-8-3-2-5-10-6-4-9-7-10/h8-9H,2-7H2,1H3. The van der Waals surface area contributed by atoms with E-state index in [4.69, 9.17) is 0 Å². The van der Waals surface area contributed by atoms with E-state index in [0.29, 0.717) is 0 Å². The molecular formula is C7H17N3. The molecule has 10 heavy (non-hydrogen) atoms. The second-order valence-corrected chi connectivity index (χ2v) is 2.73. The average molecular weight is 143 g/mol. The van der Waals surface area contributed by atoms with Gasteiger partial charge in [0.1, 0.15) is 0 Å². The van der Waals surface area contributed by atoms with Gasteiger partial charge in [-0.25, -0.2) is 0 Å². The van der Waals surface area contributed by atoms with Gasteiger partial charge in [-0.1, -0.05) is 0 Å². The van der Waals surface area contributed by atoms with Crippen LogP contribution in [0.25, 0.3) is 0 Å². The van der Waals surface area contributed by atoms with Gasteiger partial charge in [0.15, 0.2) is 0 Å². The molecule has 1 heterocycles. The normalized spacial score (nSPS) is 20.1. The number of hydrogen-bond acceptors (Lipinski definition) is 3. The van der Waals surface area contributed by atoms with Gasteiger partial charge in [-0.2, -0.15) is 0 Å². The molecule has 0 bridgehead atoms. The molecule has 0 amide bonds. The fourth-order valence-corrected chi connectivity index (χ4v) is 1.22. The van der Waals surface area contributed by atoms with Crippen molar-refractivity contribution in [3.8, 4) is 0 Å². The van der Waals surface area contributed by atoms with Crippen LogP contribution < -0.4 is 10.6 Å². The lowest BCUT2D eigenvalue weighted by atomic mass is 10.4. The first kappa shape index (κ1) is 7.98. The van der Waals surface area contributed by atoms with Gasteiger partial charge in [-0.15, -0.1) is 0 Å². The van der Waals surface area contributed by atoms with Crippen LogP contribution in [0.2, 0.25) is 0 Å². The summed E-state index contributed by atoms with van der Waals surface area (Å²) in [5, 5.41) is 6.45. The zero-order valence-corrected chi connectivity index (χ0v) is 6.69. The van der Waals surface area contributed by atoms with Crippen molar-refractivity contribution >= 4 is 0 Å². The quantitative estimate of drug-likeness (QED) is 0.518. The molecule has 0 radical (unpaired) electrons. The molecule has 3 nitrogen and oxygen atoms in total. The molecule has 1 saturated heterocycles. The predicted octanol–water partition coefficient (Wildman–Crippen LogP) is -0.541. The number of nitrogens with one attached hydrogen (secondary N) is 2. The van der Waals surface area contributed by atoms with Crippen LogP contribution in [-0.2, 0) is 0 Å². The van der Waals surface area contributed by atoms with E-state index in [-0.39, 0.29) is 0 Å². The number of rotatable bonds is 4. The van der Waals surface area contributed by atoms with Gasteiger partial charge >= 0.3 is 0 Å².